The Bertz CT molecular complexity index is 1110. The first-order valence-electron chi connectivity index (χ1n) is 11.6. The summed E-state index contributed by atoms with van der Waals surface area (Å²) in [6.45, 7) is 4.29. The number of amides is 2. The van der Waals surface area contributed by atoms with Crippen molar-refractivity contribution in [2.45, 2.75) is 52.1 Å². The lowest BCUT2D eigenvalue weighted by Gasteiger charge is -2.29. The highest BCUT2D eigenvalue weighted by Gasteiger charge is 2.27. The molecule has 0 radical (unpaired) electrons. The molecular weight excluding hydrogens is 493 g/mol. The van der Waals surface area contributed by atoms with E-state index in [0.29, 0.717) is 11.6 Å². The highest BCUT2D eigenvalue weighted by atomic mass is 35.5. The Labute approximate surface area is 212 Å². The fourth-order valence-electron chi connectivity index (χ4n) is 3.59. The highest BCUT2D eigenvalue weighted by molar-refractivity contribution is 7.92. The second-order valence-corrected chi connectivity index (χ2v) is 10.7. The third-order valence-electron chi connectivity index (χ3n) is 5.51. The summed E-state index contributed by atoms with van der Waals surface area (Å²) in [6, 6.07) is 11.9. The molecule has 0 aliphatic carbocycles. The van der Waals surface area contributed by atoms with Crippen LogP contribution in [-0.4, -0.2) is 50.5 Å². The van der Waals surface area contributed by atoms with Crippen LogP contribution in [0.2, 0.25) is 5.02 Å². The van der Waals surface area contributed by atoms with Crippen LogP contribution in [0.25, 0.3) is 0 Å². The maximum Gasteiger partial charge on any atom is 0.242 e. The number of halogens is 2. The molecule has 7 nitrogen and oxygen atoms in total. The van der Waals surface area contributed by atoms with Gasteiger partial charge in [0.1, 0.15) is 11.9 Å². The molecule has 0 fully saturated rings. The smallest absolute Gasteiger partial charge is 0.242 e. The fraction of sp³-hybridized carbons (Fsp3) is 0.440. The number of unbranched alkanes of at least 4 members (excludes halogenated alkanes) is 1. The summed E-state index contributed by atoms with van der Waals surface area (Å²) in [5, 5.41) is 3.37. The van der Waals surface area contributed by atoms with Crippen molar-refractivity contribution < 1.29 is 22.4 Å². The molecule has 192 valence electrons. The van der Waals surface area contributed by atoms with Gasteiger partial charge in [0.05, 0.1) is 11.9 Å². The lowest BCUT2D eigenvalue weighted by atomic mass is 10.1. The maximum absolute atomic E-state index is 14.2. The minimum atomic E-state index is -3.76. The second-order valence-electron chi connectivity index (χ2n) is 8.36. The fourth-order valence-corrected chi connectivity index (χ4v) is 4.77. The number of para-hydroxylation sites is 1. The topological polar surface area (TPSA) is 86.8 Å². The number of anilines is 1. The largest absolute Gasteiger partial charge is 0.354 e. The highest BCUT2D eigenvalue weighted by Crippen LogP contribution is 2.22. The number of nitrogens with one attached hydrogen (secondary N) is 1. The van der Waals surface area contributed by atoms with Gasteiger partial charge >= 0.3 is 0 Å². The van der Waals surface area contributed by atoms with Crippen molar-refractivity contribution in [3.8, 4) is 0 Å². The van der Waals surface area contributed by atoms with E-state index in [1.807, 2.05) is 13.0 Å². The van der Waals surface area contributed by atoms with Gasteiger partial charge < -0.3 is 10.2 Å². The Morgan fingerprint density at radius 3 is 2.46 bits per heavy atom. The van der Waals surface area contributed by atoms with Crippen LogP contribution in [0.5, 0.6) is 0 Å². The number of carbonyl (C=O) groups excluding carboxylic acids is 2. The Morgan fingerprint density at radius 2 is 1.83 bits per heavy atom. The first kappa shape index (κ1) is 28.6. The van der Waals surface area contributed by atoms with E-state index in [4.69, 9.17) is 11.6 Å². The van der Waals surface area contributed by atoms with Crippen LogP contribution in [0, 0.1) is 5.82 Å². The van der Waals surface area contributed by atoms with Crippen molar-refractivity contribution in [3.05, 3.63) is 64.9 Å². The number of hydrogen-bond acceptors (Lipinski definition) is 4. The van der Waals surface area contributed by atoms with Crippen LogP contribution in [0.3, 0.4) is 0 Å². The Hall–Kier alpha value is -2.65. The molecule has 35 heavy (non-hydrogen) atoms. The third kappa shape index (κ3) is 8.81. The molecule has 0 aliphatic heterocycles. The van der Waals surface area contributed by atoms with Crippen molar-refractivity contribution in [1.82, 2.24) is 10.2 Å². The van der Waals surface area contributed by atoms with Gasteiger partial charge in [0.15, 0.2) is 0 Å². The van der Waals surface area contributed by atoms with Gasteiger partial charge in [-0.1, -0.05) is 49.2 Å². The number of hydrogen-bond donors (Lipinski definition) is 1. The van der Waals surface area contributed by atoms with Crippen LogP contribution in [-0.2, 0) is 26.2 Å². The van der Waals surface area contributed by atoms with Gasteiger partial charge in [0.25, 0.3) is 0 Å². The monoisotopic (exact) mass is 525 g/mol. The van der Waals surface area contributed by atoms with Crippen LogP contribution in [0.1, 0.15) is 45.1 Å². The van der Waals surface area contributed by atoms with Crippen molar-refractivity contribution in [2.75, 3.05) is 23.7 Å². The second kappa shape index (κ2) is 13.4. The number of benzene rings is 2. The zero-order chi connectivity index (χ0) is 26.0. The summed E-state index contributed by atoms with van der Waals surface area (Å²) in [7, 11) is -3.76. The molecule has 0 heterocycles. The van der Waals surface area contributed by atoms with Gasteiger partial charge in [-0.05, 0) is 49.6 Å². The molecule has 1 N–H and O–H groups in total. The van der Waals surface area contributed by atoms with E-state index in [9.17, 15) is 22.4 Å². The van der Waals surface area contributed by atoms with Crippen LogP contribution < -0.4 is 9.62 Å². The molecular formula is C25H33ClFN3O4S. The minimum absolute atomic E-state index is 0.0202. The van der Waals surface area contributed by atoms with Crippen molar-refractivity contribution in [2.24, 2.45) is 0 Å². The Kier molecular flexibility index (Phi) is 11.0. The van der Waals surface area contributed by atoms with E-state index in [2.05, 4.69) is 5.32 Å². The molecule has 2 amide bonds. The summed E-state index contributed by atoms with van der Waals surface area (Å²) < 4.78 is 39.8. The quantitative estimate of drug-likeness (QED) is 0.394. The normalized spacial score (nSPS) is 12.1. The van der Waals surface area contributed by atoms with Gasteiger partial charge in [0.2, 0.25) is 21.8 Å². The molecule has 0 aromatic heterocycles. The Balaban J connectivity index is 2.15. The summed E-state index contributed by atoms with van der Waals surface area (Å²) in [6.07, 6.45) is 2.89. The molecule has 1 unspecified atom stereocenters. The maximum atomic E-state index is 14.2. The van der Waals surface area contributed by atoms with Gasteiger partial charge in [-0.2, -0.15) is 0 Å². The predicted octanol–water partition coefficient (Wildman–Crippen LogP) is 4.36. The van der Waals surface area contributed by atoms with Crippen molar-refractivity contribution in [3.63, 3.8) is 0 Å². The first-order valence-corrected chi connectivity index (χ1v) is 13.8. The molecule has 2 aromatic rings. The molecule has 0 spiro atoms. The zero-order valence-electron chi connectivity index (χ0n) is 20.3. The van der Waals surface area contributed by atoms with Crippen molar-refractivity contribution >= 4 is 39.1 Å². The van der Waals surface area contributed by atoms with Gasteiger partial charge in [0, 0.05) is 31.1 Å². The lowest BCUT2D eigenvalue weighted by Crippen LogP contribution is -2.48. The van der Waals surface area contributed by atoms with E-state index in [-0.39, 0.29) is 43.4 Å². The standard InChI is InChI=1S/C25H33ClFN3O4S/c1-4-5-15-28-25(32)19(2)29(18-20-10-8-11-21(26)17-20)24(31)14-9-16-30(35(3,33)34)23-13-7-6-12-22(23)27/h6-8,10-13,17,19H,4-5,9,14-16,18H2,1-3H3,(H,28,32). The lowest BCUT2D eigenvalue weighted by molar-refractivity contribution is -0.140. The summed E-state index contributed by atoms with van der Waals surface area (Å²) in [5.41, 5.74) is 0.699. The molecule has 10 heteroatoms. The first-order chi connectivity index (χ1) is 16.5. The SMILES string of the molecule is CCCCNC(=O)C(C)N(Cc1cccc(Cl)c1)C(=O)CCCN(c1ccccc1F)S(C)(=O)=O. The van der Waals surface area contributed by atoms with Crippen LogP contribution in [0.4, 0.5) is 10.1 Å². The van der Waals surface area contributed by atoms with E-state index in [0.717, 1.165) is 29.0 Å². The minimum Gasteiger partial charge on any atom is -0.354 e. The molecule has 0 aliphatic rings. The van der Waals surface area contributed by atoms with E-state index in [1.54, 1.807) is 31.2 Å². The van der Waals surface area contributed by atoms with Crippen molar-refractivity contribution in [1.29, 1.82) is 0 Å². The van der Waals surface area contributed by atoms with E-state index >= 15 is 0 Å². The molecule has 2 rings (SSSR count). The number of rotatable bonds is 13. The molecule has 0 saturated heterocycles. The number of sulfonamides is 1. The van der Waals surface area contributed by atoms with Gasteiger partial charge in [-0.25, -0.2) is 12.8 Å². The van der Waals surface area contributed by atoms with Crippen LogP contribution >= 0.6 is 11.6 Å². The zero-order valence-corrected chi connectivity index (χ0v) is 21.9. The average Bonchev–Trinajstić information content (AvgIpc) is 2.80. The summed E-state index contributed by atoms with van der Waals surface area (Å²) in [5.74, 6) is -1.24. The molecule has 1 atom stereocenters. The summed E-state index contributed by atoms with van der Waals surface area (Å²) in [4.78, 5) is 27.4. The summed E-state index contributed by atoms with van der Waals surface area (Å²) >= 11 is 6.09. The third-order valence-corrected chi connectivity index (χ3v) is 6.93. The number of nitrogens with zero attached hydrogens (tertiary/aromatic N) is 2. The average molecular weight is 526 g/mol. The molecule has 0 bridgehead atoms. The Morgan fingerprint density at radius 1 is 1.11 bits per heavy atom. The van der Waals surface area contributed by atoms with Crippen LogP contribution in [0.15, 0.2) is 48.5 Å². The molecule has 0 saturated carbocycles. The molecule has 2 aromatic carbocycles. The predicted molar refractivity (Wildman–Crippen MR) is 137 cm³/mol. The van der Waals surface area contributed by atoms with Gasteiger partial charge in [-0.15, -0.1) is 0 Å². The van der Waals surface area contributed by atoms with Gasteiger partial charge in [-0.3, -0.25) is 13.9 Å². The van der Waals surface area contributed by atoms with E-state index in [1.165, 1.54) is 23.1 Å². The van der Waals surface area contributed by atoms with E-state index < -0.39 is 21.9 Å². The number of carbonyl (C=O) groups is 2.